The third-order valence-electron chi connectivity index (χ3n) is 1.29. The van der Waals surface area contributed by atoms with Crippen LogP contribution in [0.25, 0.3) is 0 Å². The molecule has 1 aromatic carbocycles. The van der Waals surface area contributed by atoms with Gasteiger partial charge in [-0.1, -0.05) is 23.2 Å². The van der Waals surface area contributed by atoms with Crippen LogP contribution in [0.3, 0.4) is 0 Å². The number of nitrogens with two attached hydrogens (primary N) is 1. The molecule has 0 saturated carbocycles. The van der Waals surface area contributed by atoms with Gasteiger partial charge in [-0.3, -0.25) is 0 Å². The lowest BCUT2D eigenvalue weighted by Crippen LogP contribution is -2.02. The second kappa shape index (κ2) is 3.98. The average Bonchev–Trinajstić information content (AvgIpc) is 2.06. The van der Waals surface area contributed by atoms with Crippen LogP contribution in [-0.4, -0.2) is 6.61 Å². The molecule has 2 N–H and O–H groups in total. The van der Waals surface area contributed by atoms with Crippen molar-refractivity contribution < 1.29 is 13.5 Å². The van der Waals surface area contributed by atoms with E-state index < -0.39 is 6.61 Å². The van der Waals surface area contributed by atoms with Crippen LogP contribution in [0.5, 0.6) is 5.75 Å². The monoisotopic (exact) mass is 227 g/mol. The zero-order chi connectivity index (χ0) is 10.0. The number of benzene rings is 1. The Morgan fingerprint density at radius 1 is 1.23 bits per heavy atom. The number of halogens is 4. The summed E-state index contributed by atoms with van der Waals surface area (Å²) in [6.45, 7) is -2.93. The van der Waals surface area contributed by atoms with E-state index >= 15 is 0 Å². The fourth-order valence-electron chi connectivity index (χ4n) is 0.734. The van der Waals surface area contributed by atoms with E-state index in [-0.39, 0.29) is 21.5 Å². The zero-order valence-electron chi connectivity index (χ0n) is 6.23. The van der Waals surface area contributed by atoms with Gasteiger partial charge < -0.3 is 10.5 Å². The largest absolute Gasteiger partial charge is 0.433 e. The Balaban J connectivity index is 3.04. The lowest BCUT2D eigenvalue weighted by Gasteiger charge is -2.08. The van der Waals surface area contributed by atoms with E-state index in [1.54, 1.807) is 0 Å². The fraction of sp³-hybridized carbons (Fsp3) is 0.143. The lowest BCUT2D eigenvalue weighted by molar-refractivity contribution is -0.0497. The van der Waals surface area contributed by atoms with Gasteiger partial charge in [0.1, 0.15) is 10.8 Å². The highest BCUT2D eigenvalue weighted by atomic mass is 35.5. The first kappa shape index (κ1) is 10.3. The topological polar surface area (TPSA) is 35.2 Å². The Labute approximate surface area is 83.2 Å². The second-order valence-electron chi connectivity index (χ2n) is 2.16. The number of anilines is 1. The molecule has 1 rings (SSSR count). The molecule has 2 nitrogen and oxygen atoms in total. The number of rotatable bonds is 2. The quantitative estimate of drug-likeness (QED) is 0.789. The summed E-state index contributed by atoms with van der Waals surface area (Å²) in [7, 11) is 0. The van der Waals surface area contributed by atoms with Gasteiger partial charge >= 0.3 is 6.61 Å². The van der Waals surface area contributed by atoms with E-state index in [1.807, 2.05) is 0 Å². The first-order valence-corrected chi connectivity index (χ1v) is 3.96. The molecule has 0 heterocycles. The van der Waals surface area contributed by atoms with Crippen molar-refractivity contribution in [1.82, 2.24) is 0 Å². The minimum absolute atomic E-state index is 0.0137. The van der Waals surface area contributed by atoms with Crippen molar-refractivity contribution in [3.05, 3.63) is 22.2 Å². The minimum Gasteiger partial charge on any atom is -0.433 e. The second-order valence-corrected chi connectivity index (χ2v) is 2.92. The van der Waals surface area contributed by atoms with Crippen LogP contribution in [0.15, 0.2) is 12.1 Å². The number of alkyl halides is 2. The van der Waals surface area contributed by atoms with E-state index in [4.69, 9.17) is 28.9 Å². The molecule has 0 radical (unpaired) electrons. The molecule has 0 aliphatic rings. The fourth-order valence-corrected chi connectivity index (χ4v) is 1.11. The summed E-state index contributed by atoms with van der Waals surface area (Å²) in [6, 6.07) is 2.57. The van der Waals surface area contributed by atoms with Gasteiger partial charge in [-0.2, -0.15) is 8.78 Å². The van der Waals surface area contributed by atoms with Gasteiger partial charge in [-0.05, 0) is 12.1 Å². The lowest BCUT2D eigenvalue weighted by atomic mass is 10.3. The maximum absolute atomic E-state index is 11.8. The summed E-state index contributed by atoms with van der Waals surface area (Å²) in [5.74, 6) is -0.184. The molecule has 0 unspecified atom stereocenters. The minimum atomic E-state index is -2.93. The maximum atomic E-state index is 11.8. The summed E-state index contributed by atoms with van der Waals surface area (Å²) in [6.07, 6.45) is 0. The predicted octanol–water partition coefficient (Wildman–Crippen LogP) is 3.18. The Kier molecular flexibility index (Phi) is 3.17. The normalized spacial score (nSPS) is 10.5. The van der Waals surface area contributed by atoms with Crippen molar-refractivity contribution >= 4 is 28.9 Å². The average molecular weight is 228 g/mol. The van der Waals surface area contributed by atoms with Gasteiger partial charge in [0.2, 0.25) is 0 Å². The molecule has 0 saturated heterocycles. The smallest absolute Gasteiger partial charge is 0.387 e. The van der Waals surface area contributed by atoms with Gasteiger partial charge in [-0.15, -0.1) is 0 Å². The molecule has 0 fully saturated rings. The molecule has 1 aromatic rings. The SMILES string of the molecule is Nc1ccc(OC(F)F)c(Cl)c1Cl. The first-order chi connectivity index (χ1) is 6.02. The summed E-state index contributed by atoms with van der Waals surface area (Å²) >= 11 is 11.2. The number of ether oxygens (including phenoxy) is 1. The molecule has 0 aliphatic carbocycles. The highest BCUT2D eigenvalue weighted by molar-refractivity contribution is 6.44. The summed E-state index contributed by atoms with van der Waals surface area (Å²) in [5, 5.41) is -0.0956. The van der Waals surface area contributed by atoms with E-state index in [9.17, 15) is 8.78 Å². The van der Waals surface area contributed by atoms with Crippen LogP contribution in [0.4, 0.5) is 14.5 Å². The molecule has 0 bridgehead atoms. The molecule has 0 aromatic heterocycles. The Morgan fingerprint density at radius 3 is 2.38 bits per heavy atom. The molecule has 72 valence electrons. The van der Waals surface area contributed by atoms with Crippen LogP contribution in [-0.2, 0) is 0 Å². The predicted molar refractivity (Wildman–Crippen MR) is 47.5 cm³/mol. The highest BCUT2D eigenvalue weighted by Gasteiger charge is 2.12. The van der Waals surface area contributed by atoms with Gasteiger partial charge in [0.15, 0.2) is 0 Å². The molecular formula is C7H5Cl2F2NO. The molecular weight excluding hydrogens is 223 g/mol. The van der Waals surface area contributed by atoms with E-state index in [1.165, 1.54) is 12.1 Å². The van der Waals surface area contributed by atoms with Crippen LogP contribution in [0, 0.1) is 0 Å². The first-order valence-electron chi connectivity index (χ1n) is 3.20. The molecule has 0 amide bonds. The molecule has 0 atom stereocenters. The summed E-state index contributed by atoms with van der Waals surface area (Å²) in [5.41, 5.74) is 5.58. The van der Waals surface area contributed by atoms with Crippen LogP contribution < -0.4 is 10.5 Å². The van der Waals surface area contributed by atoms with Gasteiger partial charge in [0.25, 0.3) is 0 Å². The van der Waals surface area contributed by atoms with Crippen molar-refractivity contribution in [2.45, 2.75) is 6.61 Å². The standard InChI is InChI=1S/C7H5Cl2F2NO/c8-5-3(12)1-2-4(6(5)9)13-7(10)11/h1-2,7H,12H2. The van der Waals surface area contributed by atoms with Crippen molar-refractivity contribution in [3.63, 3.8) is 0 Å². The molecule has 13 heavy (non-hydrogen) atoms. The van der Waals surface area contributed by atoms with Crippen LogP contribution in [0.2, 0.25) is 10.0 Å². The number of hydrogen-bond acceptors (Lipinski definition) is 2. The number of hydrogen-bond donors (Lipinski definition) is 1. The van der Waals surface area contributed by atoms with Crippen molar-refractivity contribution in [2.75, 3.05) is 5.73 Å². The molecule has 0 aliphatic heterocycles. The van der Waals surface area contributed by atoms with E-state index in [2.05, 4.69) is 4.74 Å². The van der Waals surface area contributed by atoms with Crippen LogP contribution in [0.1, 0.15) is 0 Å². The van der Waals surface area contributed by atoms with Crippen molar-refractivity contribution in [2.24, 2.45) is 0 Å². The Hall–Kier alpha value is -0.740. The Bertz CT molecular complexity index is 320. The third kappa shape index (κ3) is 2.35. The van der Waals surface area contributed by atoms with Gasteiger partial charge in [-0.25, -0.2) is 0 Å². The number of nitrogen functional groups attached to an aromatic ring is 1. The van der Waals surface area contributed by atoms with E-state index in [0.717, 1.165) is 0 Å². The third-order valence-corrected chi connectivity index (χ3v) is 2.17. The van der Waals surface area contributed by atoms with Crippen molar-refractivity contribution in [1.29, 1.82) is 0 Å². The summed E-state index contributed by atoms with van der Waals surface area (Å²) < 4.78 is 27.6. The molecule has 0 spiro atoms. The Morgan fingerprint density at radius 2 is 1.85 bits per heavy atom. The summed E-state index contributed by atoms with van der Waals surface area (Å²) in [4.78, 5) is 0. The zero-order valence-corrected chi connectivity index (χ0v) is 7.74. The molecule has 6 heteroatoms. The maximum Gasteiger partial charge on any atom is 0.387 e. The van der Waals surface area contributed by atoms with Crippen LogP contribution >= 0.6 is 23.2 Å². The van der Waals surface area contributed by atoms with Gasteiger partial charge in [0, 0.05) is 0 Å². The van der Waals surface area contributed by atoms with E-state index in [0.29, 0.717) is 0 Å². The van der Waals surface area contributed by atoms with Crippen molar-refractivity contribution in [3.8, 4) is 5.75 Å². The van der Waals surface area contributed by atoms with Gasteiger partial charge in [0.05, 0.1) is 10.7 Å². The highest BCUT2D eigenvalue weighted by Crippen LogP contribution is 2.36.